The Kier molecular flexibility index (Phi) is 4.20. The first-order valence-corrected chi connectivity index (χ1v) is 10.5. The fourth-order valence-electron chi connectivity index (χ4n) is 4.54. The highest BCUT2D eigenvalue weighted by atomic mass is 35.5. The van der Waals surface area contributed by atoms with Crippen molar-refractivity contribution in [3.63, 3.8) is 0 Å². The van der Waals surface area contributed by atoms with E-state index in [0.717, 1.165) is 28.1 Å². The molecule has 3 aromatic rings. The monoisotopic (exact) mass is 421 g/mol. The van der Waals surface area contributed by atoms with Crippen LogP contribution < -0.4 is 10.1 Å². The van der Waals surface area contributed by atoms with Crippen LogP contribution >= 0.6 is 23.2 Å². The minimum absolute atomic E-state index is 0.0994. The lowest BCUT2D eigenvalue weighted by Gasteiger charge is -2.37. The molecule has 4 heteroatoms. The van der Waals surface area contributed by atoms with Crippen molar-refractivity contribution in [2.24, 2.45) is 0 Å². The third-order valence-corrected chi connectivity index (χ3v) is 6.34. The van der Waals surface area contributed by atoms with E-state index in [0.29, 0.717) is 10.0 Å². The molecular formula is C25H21Cl2NO. The van der Waals surface area contributed by atoms with Gasteiger partial charge in [0.1, 0.15) is 5.75 Å². The lowest BCUT2D eigenvalue weighted by atomic mass is 9.80. The van der Waals surface area contributed by atoms with Gasteiger partial charge in [-0.2, -0.15) is 0 Å². The van der Waals surface area contributed by atoms with Crippen LogP contribution in [0.2, 0.25) is 10.0 Å². The average Bonchev–Trinajstić information content (AvgIpc) is 2.68. The maximum absolute atomic E-state index is 6.55. The predicted octanol–water partition coefficient (Wildman–Crippen LogP) is 7.75. The van der Waals surface area contributed by atoms with E-state index in [9.17, 15) is 0 Å². The van der Waals surface area contributed by atoms with Gasteiger partial charge in [0, 0.05) is 22.4 Å². The smallest absolute Gasteiger partial charge is 0.150 e. The molecule has 3 aromatic carbocycles. The molecule has 0 bridgehead atoms. The van der Waals surface area contributed by atoms with Crippen molar-refractivity contribution >= 4 is 34.5 Å². The molecule has 1 N–H and O–H groups in total. The highest BCUT2D eigenvalue weighted by Gasteiger charge is 2.34. The van der Waals surface area contributed by atoms with Crippen LogP contribution in [-0.2, 0) is 0 Å². The number of hydrogen-bond acceptors (Lipinski definition) is 2. The molecule has 0 amide bonds. The molecule has 0 saturated heterocycles. The minimum Gasteiger partial charge on any atom is -0.480 e. The Morgan fingerprint density at radius 1 is 0.931 bits per heavy atom. The van der Waals surface area contributed by atoms with Crippen LogP contribution in [0, 0.1) is 0 Å². The van der Waals surface area contributed by atoms with Gasteiger partial charge in [0.2, 0.25) is 0 Å². The lowest BCUT2D eigenvalue weighted by Crippen LogP contribution is -2.32. The van der Waals surface area contributed by atoms with Gasteiger partial charge in [-0.1, -0.05) is 59.6 Å². The van der Waals surface area contributed by atoms with Gasteiger partial charge in [0.25, 0.3) is 0 Å². The van der Waals surface area contributed by atoms with Crippen molar-refractivity contribution in [2.75, 3.05) is 5.32 Å². The SMILES string of the molecule is CC1=CC(C)(C)Nc2ccc3c(c21)[C@@H](c1ccc(Cl)c(Cl)c1)Oc1ccccc1-3. The summed E-state index contributed by atoms with van der Waals surface area (Å²) < 4.78 is 6.55. The Hall–Kier alpha value is -2.42. The first-order chi connectivity index (χ1) is 13.8. The summed E-state index contributed by atoms with van der Waals surface area (Å²) in [6.45, 7) is 6.54. The molecule has 146 valence electrons. The van der Waals surface area contributed by atoms with Gasteiger partial charge in [-0.05, 0) is 61.7 Å². The number of anilines is 1. The summed E-state index contributed by atoms with van der Waals surface area (Å²) in [5.41, 5.74) is 7.92. The Morgan fingerprint density at radius 3 is 2.52 bits per heavy atom. The van der Waals surface area contributed by atoms with Crippen molar-refractivity contribution in [1.29, 1.82) is 0 Å². The summed E-state index contributed by atoms with van der Waals surface area (Å²) in [7, 11) is 0. The van der Waals surface area contributed by atoms with Crippen molar-refractivity contribution < 1.29 is 4.74 Å². The normalized spacial score (nSPS) is 18.5. The number of benzene rings is 3. The van der Waals surface area contributed by atoms with Crippen molar-refractivity contribution in [2.45, 2.75) is 32.4 Å². The summed E-state index contributed by atoms with van der Waals surface area (Å²) in [6, 6.07) is 18.3. The summed E-state index contributed by atoms with van der Waals surface area (Å²) in [5.74, 6) is 0.877. The molecule has 2 nitrogen and oxygen atoms in total. The standard InChI is InChI=1S/C25H21Cl2NO/c1-14-13-25(2,3)28-20-11-9-17-16-6-4-5-7-21(16)29-24(23(17)22(14)20)15-8-10-18(26)19(27)12-15/h4-13,24,28H,1-3H3/t24-/m1/s1. The molecular weight excluding hydrogens is 401 g/mol. The lowest BCUT2D eigenvalue weighted by molar-refractivity contribution is 0.243. The Balaban J connectivity index is 1.80. The predicted molar refractivity (Wildman–Crippen MR) is 122 cm³/mol. The molecule has 2 aliphatic heterocycles. The van der Waals surface area contributed by atoms with Gasteiger partial charge in [-0.3, -0.25) is 0 Å². The number of ether oxygens (including phenoxy) is 1. The second-order valence-electron chi connectivity index (χ2n) is 8.29. The Bertz CT molecular complexity index is 1180. The van der Waals surface area contributed by atoms with E-state index >= 15 is 0 Å². The third-order valence-electron chi connectivity index (χ3n) is 5.60. The van der Waals surface area contributed by atoms with Crippen LogP contribution in [0.25, 0.3) is 16.7 Å². The number of para-hydroxylation sites is 1. The molecule has 0 aliphatic carbocycles. The molecule has 0 saturated carbocycles. The molecule has 0 spiro atoms. The number of allylic oxidation sites excluding steroid dienone is 1. The zero-order valence-electron chi connectivity index (χ0n) is 16.5. The van der Waals surface area contributed by atoms with E-state index in [-0.39, 0.29) is 11.6 Å². The topological polar surface area (TPSA) is 21.3 Å². The van der Waals surface area contributed by atoms with Crippen molar-refractivity contribution in [1.82, 2.24) is 0 Å². The van der Waals surface area contributed by atoms with E-state index in [1.165, 1.54) is 16.7 Å². The number of nitrogens with one attached hydrogen (secondary N) is 1. The van der Waals surface area contributed by atoms with Crippen LogP contribution in [0.15, 0.2) is 60.7 Å². The number of halogens is 2. The fraction of sp³-hybridized carbons (Fsp3) is 0.200. The average molecular weight is 422 g/mol. The maximum atomic E-state index is 6.55. The molecule has 29 heavy (non-hydrogen) atoms. The molecule has 2 aliphatic rings. The molecule has 2 heterocycles. The molecule has 0 unspecified atom stereocenters. The van der Waals surface area contributed by atoms with E-state index in [4.69, 9.17) is 27.9 Å². The Morgan fingerprint density at radius 2 is 1.72 bits per heavy atom. The molecule has 1 atom stereocenters. The van der Waals surface area contributed by atoms with Gasteiger partial charge >= 0.3 is 0 Å². The minimum atomic E-state index is -0.268. The van der Waals surface area contributed by atoms with Crippen LogP contribution in [0.3, 0.4) is 0 Å². The van der Waals surface area contributed by atoms with Crippen molar-refractivity contribution in [3.8, 4) is 16.9 Å². The van der Waals surface area contributed by atoms with Gasteiger partial charge in [-0.15, -0.1) is 0 Å². The number of hydrogen-bond donors (Lipinski definition) is 1. The summed E-state index contributed by atoms with van der Waals surface area (Å²) in [4.78, 5) is 0. The van der Waals surface area contributed by atoms with Crippen LogP contribution in [0.5, 0.6) is 5.75 Å². The molecule has 0 fully saturated rings. The largest absolute Gasteiger partial charge is 0.480 e. The van der Waals surface area contributed by atoms with Gasteiger partial charge in [-0.25, -0.2) is 0 Å². The van der Waals surface area contributed by atoms with Crippen LogP contribution in [0.1, 0.15) is 43.6 Å². The highest BCUT2D eigenvalue weighted by molar-refractivity contribution is 6.42. The quantitative estimate of drug-likeness (QED) is 0.433. The molecule has 0 radical (unpaired) electrons. The Labute approximate surface area is 181 Å². The van der Waals surface area contributed by atoms with E-state index in [1.54, 1.807) is 0 Å². The second-order valence-corrected chi connectivity index (χ2v) is 9.11. The zero-order valence-corrected chi connectivity index (χ0v) is 18.0. The van der Waals surface area contributed by atoms with Crippen LogP contribution in [-0.4, -0.2) is 5.54 Å². The van der Waals surface area contributed by atoms with Gasteiger partial charge in [0.05, 0.1) is 15.6 Å². The highest BCUT2D eigenvalue weighted by Crippen LogP contribution is 2.50. The first kappa shape index (κ1) is 18.6. The number of fused-ring (bicyclic) bond motifs is 5. The maximum Gasteiger partial charge on any atom is 0.150 e. The summed E-state index contributed by atoms with van der Waals surface area (Å²) in [5, 5.41) is 4.73. The first-order valence-electron chi connectivity index (χ1n) is 9.70. The van der Waals surface area contributed by atoms with Crippen molar-refractivity contribution in [3.05, 3.63) is 87.4 Å². The van der Waals surface area contributed by atoms with Gasteiger partial charge in [0.15, 0.2) is 6.10 Å². The fourth-order valence-corrected chi connectivity index (χ4v) is 4.85. The van der Waals surface area contributed by atoms with E-state index in [1.807, 2.05) is 30.3 Å². The van der Waals surface area contributed by atoms with E-state index < -0.39 is 0 Å². The van der Waals surface area contributed by atoms with E-state index in [2.05, 4.69) is 56.4 Å². The molecule has 5 rings (SSSR count). The second kappa shape index (κ2) is 6.55. The zero-order chi connectivity index (χ0) is 20.3. The summed E-state index contributed by atoms with van der Waals surface area (Å²) in [6.07, 6.45) is 2.01. The third kappa shape index (κ3) is 3.02. The number of rotatable bonds is 1. The summed E-state index contributed by atoms with van der Waals surface area (Å²) >= 11 is 12.5. The van der Waals surface area contributed by atoms with Crippen LogP contribution in [0.4, 0.5) is 5.69 Å². The molecule has 0 aromatic heterocycles. The van der Waals surface area contributed by atoms with Gasteiger partial charge < -0.3 is 10.1 Å².